The second-order valence-corrected chi connectivity index (χ2v) is 10.3. The van der Waals surface area contributed by atoms with E-state index in [2.05, 4.69) is 20.0 Å². The molecule has 7 nitrogen and oxygen atoms in total. The van der Waals surface area contributed by atoms with Crippen LogP contribution in [-0.2, 0) is 20.2 Å². The molecular formula is C25H26N4O3S. The lowest BCUT2D eigenvalue weighted by molar-refractivity contribution is -0.118. The number of hydrogen-bond acceptors (Lipinski definition) is 4. The molecule has 1 fully saturated rings. The van der Waals surface area contributed by atoms with Gasteiger partial charge in [-0.25, -0.2) is 18.1 Å². The highest BCUT2D eigenvalue weighted by molar-refractivity contribution is 7.89. The monoisotopic (exact) mass is 462 g/mol. The number of aromatic nitrogens is 2. The molecule has 0 saturated heterocycles. The molecule has 0 aliphatic heterocycles. The van der Waals surface area contributed by atoms with E-state index in [1.54, 1.807) is 24.3 Å². The minimum atomic E-state index is -3.48. The topological polar surface area (TPSA) is 104 Å². The van der Waals surface area contributed by atoms with Gasteiger partial charge in [-0.05, 0) is 79.9 Å². The number of aromatic amines is 1. The maximum absolute atomic E-state index is 13.3. The minimum Gasteiger partial charge on any atom is -0.342 e. The maximum atomic E-state index is 13.3. The predicted octanol–water partition coefficient (Wildman–Crippen LogP) is 4.36. The number of hydrogen-bond donors (Lipinski definition) is 3. The molecule has 1 aliphatic carbocycles. The second kappa shape index (κ2) is 7.83. The first-order valence-corrected chi connectivity index (χ1v) is 12.2. The van der Waals surface area contributed by atoms with Crippen molar-refractivity contribution in [1.29, 1.82) is 0 Å². The Morgan fingerprint density at radius 1 is 1.03 bits per heavy atom. The third-order valence-electron chi connectivity index (χ3n) is 6.22. The van der Waals surface area contributed by atoms with Gasteiger partial charge in [-0.1, -0.05) is 30.3 Å². The minimum absolute atomic E-state index is 0. The van der Waals surface area contributed by atoms with Crippen molar-refractivity contribution < 1.29 is 14.6 Å². The summed E-state index contributed by atoms with van der Waals surface area (Å²) in [7, 11) is -2.10. The number of imidazole rings is 1. The van der Waals surface area contributed by atoms with Gasteiger partial charge in [-0.15, -0.1) is 0 Å². The zero-order valence-electron chi connectivity index (χ0n) is 18.3. The van der Waals surface area contributed by atoms with E-state index in [0.29, 0.717) is 5.69 Å². The van der Waals surface area contributed by atoms with Crippen LogP contribution in [0.25, 0.3) is 22.2 Å². The van der Waals surface area contributed by atoms with Gasteiger partial charge in [0, 0.05) is 7.11 Å². The van der Waals surface area contributed by atoms with Crippen LogP contribution in [0.3, 0.4) is 0 Å². The van der Waals surface area contributed by atoms with Crippen LogP contribution in [0.4, 0.5) is 5.69 Å². The normalized spacial score (nSPS) is 14.8. The number of rotatable bonds is 6. The number of nitrogens with one attached hydrogen (secondary N) is 3. The summed E-state index contributed by atoms with van der Waals surface area (Å²) in [5.74, 6) is 0.829. The maximum Gasteiger partial charge on any atom is 0.240 e. The molecule has 0 atom stereocenters. The lowest BCUT2D eigenvalue weighted by Gasteiger charge is -2.16. The van der Waals surface area contributed by atoms with Gasteiger partial charge in [0.1, 0.15) is 5.82 Å². The average molecular weight is 463 g/mol. The number of anilines is 1. The summed E-state index contributed by atoms with van der Waals surface area (Å²) in [6, 6.07) is 20.2. The van der Waals surface area contributed by atoms with Crippen molar-refractivity contribution in [3.63, 3.8) is 0 Å². The van der Waals surface area contributed by atoms with E-state index in [0.717, 1.165) is 46.4 Å². The molecular weight excluding hydrogens is 436 g/mol. The SMILES string of the molecule is CNS(=O)(=O)c1ccc(-c2cccc(NC(=O)C3(c4ccc5nc(C)[nH]c5c4)CC3)c2)cc1.[HH]. The van der Waals surface area contributed by atoms with Gasteiger partial charge in [-0.2, -0.15) is 0 Å². The fraction of sp³-hybridized carbons (Fsp3) is 0.200. The number of carbonyl (C=O) groups is 1. The van der Waals surface area contributed by atoms with Crippen LogP contribution in [0.15, 0.2) is 71.6 Å². The van der Waals surface area contributed by atoms with Crippen molar-refractivity contribution in [3.8, 4) is 11.1 Å². The first-order chi connectivity index (χ1) is 15.8. The number of sulfonamides is 1. The summed E-state index contributed by atoms with van der Waals surface area (Å²) >= 11 is 0. The van der Waals surface area contributed by atoms with Crippen molar-refractivity contribution in [2.45, 2.75) is 30.1 Å². The Hall–Kier alpha value is -3.49. The molecule has 33 heavy (non-hydrogen) atoms. The molecule has 0 spiro atoms. The highest BCUT2D eigenvalue weighted by Crippen LogP contribution is 2.49. The van der Waals surface area contributed by atoms with Gasteiger partial charge in [-0.3, -0.25) is 4.79 Å². The number of amides is 1. The smallest absolute Gasteiger partial charge is 0.240 e. The lowest BCUT2D eigenvalue weighted by atomic mass is 9.94. The van der Waals surface area contributed by atoms with Gasteiger partial charge < -0.3 is 10.3 Å². The van der Waals surface area contributed by atoms with Crippen LogP contribution in [-0.4, -0.2) is 31.3 Å². The first-order valence-electron chi connectivity index (χ1n) is 10.7. The van der Waals surface area contributed by atoms with Crippen LogP contribution in [0, 0.1) is 6.92 Å². The Kier molecular flexibility index (Phi) is 5.07. The summed E-state index contributed by atoms with van der Waals surface area (Å²) in [4.78, 5) is 21.2. The molecule has 3 N–H and O–H groups in total. The summed E-state index contributed by atoms with van der Waals surface area (Å²) < 4.78 is 26.2. The van der Waals surface area contributed by atoms with Crippen molar-refractivity contribution in [2.24, 2.45) is 0 Å². The number of nitrogens with zero attached hydrogens (tertiary/aromatic N) is 1. The van der Waals surface area contributed by atoms with Gasteiger partial charge >= 0.3 is 0 Å². The van der Waals surface area contributed by atoms with Gasteiger partial charge in [0.15, 0.2) is 0 Å². The second-order valence-electron chi connectivity index (χ2n) is 8.40. The summed E-state index contributed by atoms with van der Waals surface area (Å²) in [6.07, 6.45) is 1.61. The molecule has 170 valence electrons. The third kappa shape index (κ3) is 3.92. The highest BCUT2D eigenvalue weighted by atomic mass is 32.2. The Bertz CT molecular complexity index is 1480. The molecule has 1 amide bonds. The quantitative estimate of drug-likeness (QED) is 0.396. The Labute approximate surface area is 193 Å². The van der Waals surface area contributed by atoms with Crippen molar-refractivity contribution in [1.82, 2.24) is 14.7 Å². The molecule has 1 aliphatic rings. The van der Waals surface area contributed by atoms with E-state index in [1.165, 1.54) is 7.05 Å². The van der Waals surface area contributed by atoms with Crippen LogP contribution >= 0.6 is 0 Å². The summed E-state index contributed by atoms with van der Waals surface area (Å²) in [5.41, 5.74) is 4.76. The number of H-pyrrole nitrogens is 1. The van der Waals surface area contributed by atoms with E-state index in [9.17, 15) is 13.2 Å². The van der Waals surface area contributed by atoms with Crippen molar-refractivity contribution in [3.05, 3.63) is 78.1 Å². The molecule has 8 heteroatoms. The Morgan fingerprint density at radius 2 is 1.79 bits per heavy atom. The molecule has 1 saturated carbocycles. The number of aryl methyl sites for hydroxylation is 1. The van der Waals surface area contributed by atoms with Crippen molar-refractivity contribution in [2.75, 3.05) is 12.4 Å². The fourth-order valence-corrected chi connectivity index (χ4v) is 4.91. The highest BCUT2D eigenvalue weighted by Gasteiger charge is 2.51. The third-order valence-corrected chi connectivity index (χ3v) is 7.65. The van der Waals surface area contributed by atoms with E-state index < -0.39 is 15.4 Å². The standard InChI is InChI=1S/C25H24N4O3S.H2/c1-16-27-22-11-8-19(15-23(22)28-16)25(12-13-25)24(30)29-20-5-3-4-18(14-20)17-6-9-21(10-7-17)33(31,32)26-2;/h3-11,14-15,26H,12-13H2,1-2H3,(H,27,28)(H,29,30);1H. The average Bonchev–Trinajstić information content (AvgIpc) is 3.55. The van der Waals surface area contributed by atoms with Gasteiger partial charge in [0.25, 0.3) is 0 Å². The molecule has 0 bridgehead atoms. The van der Waals surface area contributed by atoms with E-state index in [-0.39, 0.29) is 12.2 Å². The molecule has 1 aromatic heterocycles. The Balaban J connectivity index is 0.00000274. The molecule has 5 rings (SSSR count). The van der Waals surface area contributed by atoms with Crippen LogP contribution in [0.1, 0.15) is 25.7 Å². The van der Waals surface area contributed by atoms with Crippen LogP contribution in [0.5, 0.6) is 0 Å². The predicted molar refractivity (Wildman–Crippen MR) is 131 cm³/mol. The van der Waals surface area contributed by atoms with Gasteiger partial charge in [0.05, 0.1) is 21.3 Å². The van der Waals surface area contributed by atoms with E-state index in [4.69, 9.17) is 0 Å². The van der Waals surface area contributed by atoms with Crippen LogP contribution in [0.2, 0.25) is 0 Å². The fourth-order valence-electron chi connectivity index (χ4n) is 4.18. The van der Waals surface area contributed by atoms with Crippen LogP contribution < -0.4 is 10.0 Å². The molecule has 0 unspecified atom stereocenters. The number of fused-ring (bicyclic) bond motifs is 1. The zero-order chi connectivity index (χ0) is 23.2. The number of benzene rings is 3. The molecule has 3 aromatic carbocycles. The molecule has 0 radical (unpaired) electrons. The Morgan fingerprint density at radius 3 is 2.48 bits per heavy atom. The van der Waals surface area contributed by atoms with Crippen molar-refractivity contribution >= 4 is 32.7 Å². The van der Waals surface area contributed by atoms with E-state index >= 15 is 0 Å². The number of carbonyl (C=O) groups excluding carboxylic acids is 1. The largest absolute Gasteiger partial charge is 0.342 e. The van der Waals surface area contributed by atoms with Gasteiger partial charge in [0.2, 0.25) is 15.9 Å². The lowest BCUT2D eigenvalue weighted by Crippen LogP contribution is -2.27. The molecule has 1 heterocycles. The molecule has 4 aromatic rings. The first kappa shape index (κ1) is 21.4. The zero-order valence-corrected chi connectivity index (χ0v) is 19.2. The van der Waals surface area contributed by atoms with E-state index in [1.807, 2.05) is 49.4 Å². The summed E-state index contributed by atoms with van der Waals surface area (Å²) in [5, 5.41) is 3.08. The summed E-state index contributed by atoms with van der Waals surface area (Å²) in [6.45, 7) is 1.92.